The smallest absolute Gasteiger partial charge is 0.0869 e. The van der Waals surface area contributed by atoms with Gasteiger partial charge in [-0.2, -0.15) is 0 Å². The number of morpholine rings is 1. The fraction of sp³-hybridized carbons (Fsp3) is 1.00. The third kappa shape index (κ3) is 2.69. The molecule has 2 rings (SSSR count). The Bertz CT molecular complexity index is 227. The third-order valence-electron chi connectivity index (χ3n) is 3.27. The van der Waals surface area contributed by atoms with E-state index in [2.05, 4.69) is 16.8 Å². The van der Waals surface area contributed by atoms with E-state index in [0.29, 0.717) is 12.1 Å². The molecule has 2 fully saturated rings. The van der Waals surface area contributed by atoms with Gasteiger partial charge in [0.2, 0.25) is 0 Å². The molecule has 0 aromatic carbocycles. The molecule has 4 heteroatoms. The number of likely N-dealkylation sites (tertiary alicyclic amines) is 1. The molecule has 0 amide bonds. The van der Waals surface area contributed by atoms with E-state index in [4.69, 9.17) is 4.74 Å². The molecule has 0 bridgehead atoms. The van der Waals surface area contributed by atoms with Gasteiger partial charge in [-0.15, -0.1) is 0 Å². The number of nitrogens with zero attached hydrogens (tertiary/aromatic N) is 2. The second kappa shape index (κ2) is 4.01. The van der Waals surface area contributed by atoms with Crippen LogP contribution in [-0.4, -0.2) is 72.5 Å². The second-order valence-corrected chi connectivity index (χ2v) is 5.46. The van der Waals surface area contributed by atoms with E-state index >= 15 is 0 Å². The van der Waals surface area contributed by atoms with Gasteiger partial charge in [0.25, 0.3) is 0 Å². The summed E-state index contributed by atoms with van der Waals surface area (Å²) in [6, 6.07) is 0.515. The number of hydrogen-bond acceptors (Lipinski definition) is 4. The molecule has 2 aliphatic heterocycles. The predicted octanol–water partition coefficient (Wildman–Crippen LogP) is -0.228. The molecule has 4 nitrogen and oxygen atoms in total. The fourth-order valence-corrected chi connectivity index (χ4v) is 2.61. The maximum Gasteiger partial charge on any atom is 0.0869 e. The van der Waals surface area contributed by atoms with Crippen molar-refractivity contribution in [2.24, 2.45) is 0 Å². The van der Waals surface area contributed by atoms with Gasteiger partial charge < -0.3 is 9.84 Å². The zero-order valence-electron chi connectivity index (χ0n) is 9.94. The van der Waals surface area contributed by atoms with Crippen molar-refractivity contribution >= 4 is 0 Å². The van der Waals surface area contributed by atoms with Crippen LogP contribution in [0.1, 0.15) is 13.8 Å². The Morgan fingerprint density at radius 3 is 2.73 bits per heavy atom. The summed E-state index contributed by atoms with van der Waals surface area (Å²) in [5.74, 6) is 0. The number of fused-ring (bicyclic) bond motifs is 1. The van der Waals surface area contributed by atoms with Crippen LogP contribution in [0.15, 0.2) is 0 Å². The van der Waals surface area contributed by atoms with Crippen LogP contribution in [0.25, 0.3) is 0 Å². The van der Waals surface area contributed by atoms with Crippen molar-refractivity contribution < 1.29 is 9.84 Å². The van der Waals surface area contributed by atoms with Crippen molar-refractivity contribution in [1.29, 1.82) is 0 Å². The Balaban J connectivity index is 1.92. The van der Waals surface area contributed by atoms with Crippen LogP contribution in [0.5, 0.6) is 0 Å². The summed E-state index contributed by atoms with van der Waals surface area (Å²) in [5, 5.41) is 9.78. The number of likely N-dealkylation sites (N-methyl/N-ethyl adjacent to an activating group) is 1. The predicted molar refractivity (Wildman–Crippen MR) is 58.9 cm³/mol. The first kappa shape index (κ1) is 11.3. The van der Waals surface area contributed by atoms with Crippen LogP contribution >= 0.6 is 0 Å². The maximum absolute atomic E-state index is 9.78. The lowest BCUT2D eigenvalue weighted by Crippen LogP contribution is -2.48. The Morgan fingerprint density at radius 1 is 1.40 bits per heavy atom. The van der Waals surface area contributed by atoms with Gasteiger partial charge in [-0.25, -0.2) is 0 Å². The van der Waals surface area contributed by atoms with E-state index < -0.39 is 5.60 Å². The molecule has 0 aromatic heterocycles. The standard InChI is InChI=1S/C11H22N2O2/c1-11(2,14)8-13-6-9-10(7-13)15-5-4-12(9)3/h9-10,14H,4-8H2,1-3H3. The maximum atomic E-state index is 9.78. The van der Waals surface area contributed by atoms with Crippen molar-refractivity contribution in [2.45, 2.75) is 31.6 Å². The van der Waals surface area contributed by atoms with E-state index in [1.165, 1.54) is 0 Å². The number of hydrogen-bond donors (Lipinski definition) is 1. The zero-order valence-corrected chi connectivity index (χ0v) is 9.94. The highest BCUT2D eigenvalue weighted by Crippen LogP contribution is 2.22. The average Bonchev–Trinajstić information content (AvgIpc) is 2.45. The van der Waals surface area contributed by atoms with Crippen molar-refractivity contribution in [2.75, 3.05) is 39.8 Å². The van der Waals surface area contributed by atoms with Gasteiger partial charge in [-0.3, -0.25) is 9.80 Å². The van der Waals surface area contributed by atoms with Crippen LogP contribution in [0.4, 0.5) is 0 Å². The molecule has 0 aliphatic carbocycles. The first-order valence-electron chi connectivity index (χ1n) is 5.72. The molecule has 2 heterocycles. The van der Waals surface area contributed by atoms with Crippen LogP contribution in [0, 0.1) is 0 Å². The summed E-state index contributed by atoms with van der Waals surface area (Å²) in [6.07, 6.45) is 0.339. The quantitative estimate of drug-likeness (QED) is 0.689. The van der Waals surface area contributed by atoms with Crippen LogP contribution in [0.2, 0.25) is 0 Å². The molecule has 0 spiro atoms. The van der Waals surface area contributed by atoms with Gasteiger partial charge in [-0.05, 0) is 20.9 Å². The topological polar surface area (TPSA) is 35.9 Å². The summed E-state index contributed by atoms with van der Waals surface area (Å²) >= 11 is 0. The molecule has 2 atom stereocenters. The van der Waals surface area contributed by atoms with Crippen LogP contribution in [-0.2, 0) is 4.74 Å². The minimum absolute atomic E-state index is 0.339. The molecular formula is C11H22N2O2. The number of rotatable bonds is 2. The van der Waals surface area contributed by atoms with Gasteiger partial charge in [0.05, 0.1) is 18.3 Å². The van der Waals surface area contributed by atoms with E-state index in [1.54, 1.807) is 0 Å². The fourth-order valence-electron chi connectivity index (χ4n) is 2.61. The second-order valence-electron chi connectivity index (χ2n) is 5.46. The van der Waals surface area contributed by atoms with Crippen molar-refractivity contribution in [3.63, 3.8) is 0 Å². The minimum Gasteiger partial charge on any atom is -0.389 e. The summed E-state index contributed by atoms with van der Waals surface area (Å²) in [7, 11) is 2.16. The van der Waals surface area contributed by atoms with Crippen molar-refractivity contribution in [1.82, 2.24) is 9.80 Å². The van der Waals surface area contributed by atoms with Crippen molar-refractivity contribution in [3.05, 3.63) is 0 Å². The summed E-state index contributed by atoms with van der Waals surface area (Å²) in [6.45, 7) is 8.30. The highest BCUT2D eigenvalue weighted by atomic mass is 16.5. The minimum atomic E-state index is -0.605. The van der Waals surface area contributed by atoms with Gasteiger partial charge in [0.1, 0.15) is 0 Å². The summed E-state index contributed by atoms with van der Waals surface area (Å²) < 4.78 is 5.75. The summed E-state index contributed by atoms with van der Waals surface area (Å²) in [5.41, 5.74) is -0.605. The molecule has 15 heavy (non-hydrogen) atoms. The van der Waals surface area contributed by atoms with Gasteiger partial charge in [0.15, 0.2) is 0 Å². The van der Waals surface area contributed by atoms with E-state index in [9.17, 15) is 5.11 Å². The van der Waals surface area contributed by atoms with Crippen LogP contribution < -0.4 is 0 Å². The average molecular weight is 214 g/mol. The molecule has 0 saturated carbocycles. The largest absolute Gasteiger partial charge is 0.389 e. The molecule has 2 aliphatic rings. The SMILES string of the molecule is CN1CCOC2CN(CC(C)(C)O)CC21. The third-order valence-corrected chi connectivity index (χ3v) is 3.27. The van der Waals surface area contributed by atoms with Gasteiger partial charge in [0, 0.05) is 32.2 Å². The lowest BCUT2D eigenvalue weighted by Gasteiger charge is -2.33. The normalized spacial score (nSPS) is 34.4. The van der Waals surface area contributed by atoms with Crippen LogP contribution in [0.3, 0.4) is 0 Å². The number of β-amino-alcohol motifs (C(OH)–C–C–N with tert-alkyl or cyclic N) is 1. The number of ether oxygens (including phenoxy) is 1. The van der Waals surface area contributed by atoms with E-state index in [0.717, 1.165) is 32.8 Å². The summed E-state index contributed by atoms with van der Waals surface area (Å²) in [4.78, 5) is 4.68. The Morgan fingerprint density at radius 2 is 2.13 bits per heavy atom. The Labute approximate surface area is 91.8 Å². The lowest BCUT2D eigenvalue weighted by molar-refractivity contribution is -0.0374. The molecule has 2 saturated heterocycles. The molecule has 88 valence electrons. The molecular weight excluding hydrogens is 192 g/mol. The van der Waals surface area contributed by atoms with Crippen molar-refractivity contribution in [3.8, 4) is 0 Å². The van der Waals surface area contributed by atoms with Gasteiger partial charge in [-0.1, -0.05) is 0 Å². The molecule has 0 aromatic rings. The first-order valence-corrected chi connectivity index (χ1v) is 5.72. The van der Waals surface area contributed by atoms with E-state index in [1.807, 2.05) is 13.8 Å². The molecule has 2 unspecified atom stereocenters. The Hall–Kier alpha value is -0.160. The first-order chi connectivity index (χ1) is 6.96. The monoisotopic (exact) mass is 214 g/mol. The highest BCUT2D eigenvalue weighted by molar-refractivity contribution is 4.94. The Kier molecular flexibility index (Phi) is 3.03. The highest BCUT2D eigenvalue weighted by Gasteiger charge is 2.39. The van der Waals surface area contributed by atoms with E-state index in [-0.39, 0.29) is 0 Å². The van der Waals surface area contributed by atoms with Gasteiger partial charge >= 0.3 is 0 Å². The number of aliphatic hydroxyl groups is 1. The molecule has 1 N–H and O–H groups in total. The zero-order chi connectivity index (χ0) is 11.1. The molecule has 0 radical (unpaired) electrons. The lowest BCUT2D eigenvalue weighted by atomic mass is 10.1.